The zero-order valence-electron chi connectivity index (χ0n) is 14.2. The van der Waals surface area contributed by atoms with Crippen LogP contribution in [0.15, 0.2) is 47.8 Å². The largest absolute Gasteiger partial charge is 0.488 e. The van der Waals surface area contributed by atoms with E-state index in [2.05, 4.69) is 10.3 Å². The number of halogens is 2. The highest BCUT2D eigenvalue weighted by Crippen LogP contribution is 2.33. The van der Waals surface area contributed by atoms with Crippen LogP contribution in [0.3, 0.4) is 0 Å². The Morgan fingerprint density at radius 3 is 2.63 bits per heavy atom. The summed E-state index contributed by atoms with van der Waals surface area (Å²) in [4.78, 5) is 16.5. The Bertz CT molecular complexity index is 965. The van der Waals surface area contributed by atoms with Crippen molar-refractivity contribution in [1.82, 2.24) is 10.3 Å². The molecule has 1 aliphatic rings. The molecule has 1 aliphatic carbocycles. The van der Waals surface area contributed by atoms with Crippen LogP contribution in [-0.4, -0.2) is 16.9 Å². The molecule has 0 radical (unpaired) electrons. The van der Waals surface area contributed by atoms with Gasteiger partial charge in [0.2, 0.25) is 0 Å². The number of hydrogen-bond donors (Lipinski definition) is 1. The summed E-state index contributed by atoms with van der Waals surface area (Å²) in [6, 6.07) is 11.1. The maximum atomic E-state index is 13.8. The van der Waals surface area contributed by atoms with Crippen molar-refractivity contribution in [2.75, 3.05) is 0 Å². The van der Waals surface area contributed by atoms with E-state index in [1.165, 1.54) is 29.5 Å². The van der Waals surface area contributed by atoms with Crippen LogP contribution in [0, 0.1) is 11.6 Å². The monoisotopic (exact) mass is 386 g/mol. The van der Waals surface area contributed by atoms with Gasteiger partial charge in [-0.1, -0.05) is 18.2 Å². The van der Waals surface area contributed by atoms with Gasteiger partial charge in [0.25, 0.3) is 5.91 Å². The lowest BCUT2D eigenvalue weighted by Gasteiger charge is -2.11. The average molecular weight is 386 g/mol. The van der Waals surface area contributed by atoms with Crippen LogP contribution < -0.4 is 10.1 Å². The molecule has 0 bridgehead atoms. The van der Waals surface area contributed by atoms with Gasteiger partial charge in [0.1, 0.15) is 34.7 Å². The summed E-state index contributed by atoms with van der Waals surface area (Å²) in [6.07, 6.45) is 2.01. The fraction of sp³-hybridized carbons (Fsp3) is 0.200. The molecule has 0 spiro atoms. The number of amides is 1. The van der Waals surface area contributed by atoms with Crippen LogP contribution in [0.4, 0.5) is 8.78 Å². The molecule has 1 aromatic heterocycles. The number of carbonyl (C=O) groups excluding carboxylic acids is 1. The summed E-state index contributed by atoms with van der Waals surface area (Å²) < 4.78 is 33.3. The van der Waals surface area contributed by atoms with Gasteiger partial charge in [0.15, 0.2) is 0 Å². The van der Waals surface area contributed by atoms with E-state index in [1.54, 1.807) is 23.6 Å². The predicted octanol–water partition coefficient (Wildman–Crippen LogP) is 4.56. The van der Waals surface area contributed by atoms with Gasteiger partial charge in [0, 0.05) is 11.4 Å². The molecule has 1 N–H and O–H groups in total. The minimum absolute atomic E-state index is 0.129. The molecule has 4 nitrogen and oxygen atoms in total. The number of nitrogens with one attached hydrogen (secondary N) is 1. The normalized spacial score (nSPS) is 13.4. The lowest BCUT2D eigenvalue weighted by molar-refractivity contribution is 0.0947. The molecule has 0 atom stereocenters. The van der Waals surface area contributed by atoms with Crippen LogP contribution in [0.5, 0.6) is 5.75 Å². The van der Waals surface area contributed by atoms with E-state index in [4.69, 9.17) is 4.74 Å². The summed E-state index contributed by atoms with van der Waals surface area (Å²) in [7, 11) is 0. The highest BCUT2D eigenvalue weighted by molar-refractivity contribution is 7.13. The number of aromatic nitrogens is 1. The van der Waals surface area contributed by atoms with E-state index in [1.807, 2.05) is 6.07 Å². The maximum Gasteiger partial charge on any atom is 0.270 e. The molecule has 3 aromatic rings. The molecule has 27 heavy (non-hydrogen) atoms. The fourth-order valence-electron chi connectivity index (χ4n) is 2.58. The van der Waals surface area contributed by atoms with Crippen molar-refractivity contribution in [3.8, 4) is 16.3 Å². The second-order valence-electron chi connectivity index (χ2n) is 6.27. The molecule has 1 saturated carbocycles. The quantitative estimate of drug-likeness (QED) is 0.676. The van der Waals surface area contributed by atoms with Gasteiger partial charge >= 0.3 is 0 Å². The summed E-state index contributed by atoms with van der Waals surface area (Å²) in [5.41, 5.74) is 0.900. The van der Waals surface area contributed by atoms with Crippen LogP contribution >= 0.6 is 11.3 Å². The van der Waals surface area contributed by atoms with Crippen LogP contribution in [0.2, 0.25) is 0 Å². The summed E-state index contributed by atoms with van der Waals surface area (Å²) in [5, 5.41) is 5.21. The number of benzene rings is 2. The van der Waals surface area contributed by atoms with E-state index >= 15 is 0 Å². The molecule has 1 heterocycles. The van der Waals surface area contributed by atoms with Crippen molar-refractivity contribution in [1.29, 1.82) is 0 Å². The topological polar surface area (TPSA) is 51.2 Å². The summed E-state index contributed by atoms with van der Waals surface area (Å²) in [6.45, 7) is -0.240. The van der Waals surface area contributed by atoms with Crippen molar-refractivity contribution >= 4 is 17.2 Å². The maximum absolute atomic E-state index is 13.8. The molecule has 138 valence electrons. The minimum Gasteiger partial charge on any atom is -0.488 e. The Balaban J connectivity index is 1.54. The molecule has 0 unspecified atom stereocenters. The molecular formula is C20H16F2N2O2S. The van der Waals surface area contributed by atoms with Gasteiger partial charge < -0.3 is 10.1 Å². The molecule has 7 heteroatoms. The highest BCUT2D eigenvalue weighted by atomic mass is 32.1. The third-order valence-electron chi connectivity index (χ3n) is 4.20. The molecule has 0 aliphatic heterocycles. The Morgan fingerprint density at radius 1 is 1.15 bits per heavy atom. The zero-order valence-corrected chi connectivity index (χ0v) is 15.1. The number of nitrogens with zero attached hydrogens (tertiary/aromatic N) is 1. The molecule has 1 fully saturated rings. The summed E-state index contributed by atoms with van der Waals surface area (Å²) in [5.74, 6) is -1.04. The van der Waals surface area contributed by atoms with Gasteiger partial charge in [0.05, 0.1) is 11.1 Å². The zero-order chi connectivity index (χ0) is 18.8. The molecule has 1 amide bonds. The molecule has 4 rings (SSSR count). The first-order chi connectivity index (χ1) is 13.1. The highest BCUT2D eigenvalue weighted by Gasteiger charge is 2.25. The average Bonchev–Trinajstić information content (AvgIpc) is 3.33. The van der Waals surface area contributed by atoms with E-state index in [-0.39, 0.29) is 24.1 Å². The van der Waals surface area contributed by atoms with Gasteiger partial charge in [-0.25, -0.2) is 13.8 Å². The number of carbonyl (C=O) groups is 1. The Kier molecular flexibility index (Phi) is 4.85. The van der Waals surface area contributed by atoms with Gasteiger partial charge in [-0.3, -0.25) is 4.79 Å². The van der Waals surface area contributed by atoms with Gasteiger partial charge in [-0.15, -0.1) is 11.3 Å². The Hall–Kier alpha value is -2.80. The fourth-order valence-corrected chi connectivity index (χ4v) is 3.41. The van der Waals surface area contributed by atoms with Crippen molar-refractivity contribution in [3.63, 3.8) is 0 Å². The number of hydrogen-bond acceptors (Lipinski definition) is 4. The third-order valence-corrected chi connectivity index (χ3v) is 5.08. The van der Waals surface area contributed by atoms with Crippen molar-refractivity contribution in [3.05, 3.63) is 70.7 Å². The van der Waals surface area contributed by atoms with E-state index in [0.717, 1.165) is 12.8 Å². The number of rotatable bonds is 6. The van der Waals surface area contributed by atoms with Crippen molar-refractivity contribution in [2.24, 2.45) is 0 Å². The SMILES string of the molecule is O=C(NC1CC1)c1csc(-c2ccccc2OCc2c(F)cccc2F)n1. The third kappa shape index (κ3) is 3.98. The van der Waals surface area contributed by atoms with Crippen LogP contribution in [0.1, 0.15) is 28.9 Å². The lowest BCUT2D eigenvalue weighted by atomic mass is 10.2. The van der Waals surface area contributed by atoms with E-state index < -0.39 is 11.6 Å². The second kappa shape index (κ2) is 7.44. The predicted molar refractivity (Wildman–Crippen MR) is 98.7 cm³/mol. The minimum atomic E-state index is -0.652. The van der Waals surface area contributed by atoms with Crippen molar-refractivity contribution < 1.29 is 18.3 Å². The van der Waals surface area contributed by atoms with E-state index in [9.17, 15) is 13.6 Å². The first-order valence-corrected chi connectivity index (χ1v) is 9.41. The smallest absolute Gasteiger partial charge is 0.270 e. The number of ether oxygens (including phenoxy) is 1. The molecule has 2 aromatic carbocycles. The van der Waals surface area contributed by atoms with Crippen LogP contribution in [-0.2, 0) is 6.61 Å². The molecule has 0 saturated heterocycles. The number of thiazole rings is 1. The molecular weight excluding hydrogens is 370 g/mol. The van der Waals surface area contributed by atoms with Gasteiger partial charge in [-0.2, -0.15) is 0 Å². The Morgan fingerprint density at radius 2 is 1.89 bits per heavy atom. The Labute approximate surface area is 158 Å². The van der Waals surface area contributed by atoms with Crippen molar-refractivity contribution in [2.45, 2.75) is 25.5 Å². The van der Waals surface area contributed by atoms with Gasteiger partial charge in [-0.05, 0) is 37.1 Å². The standard InChI is InChI=1S/C20H16F2N2O2S/c21-15-5-3-6-16(22)14(15)10-26-18-7-2-1-4-13(18)20-24-17(11-27-20)19(25)23-12-8-9-12/h1-7,11-12H,8-10H2,(H,23,25). The number of para-hydroxylation sites is 1. The lowest BCUT2D eigenvalue weighted by Crippen LogP contribution is -2.25. The second-order valence-corrected chi connectivity index (χ2v) is 7.13. The summed E-state index contributed by atoms with van der Waals surface area (Å²) >= 11 is 1.32. The first-order valence-electron chi connectivity index (χ1n) is 8.53. The van der Waals surface area contributed by atoms with E-state index in [0.29, 0.717) is 22.0 Å². The first kappa shape index (κ1) is 17.6. The van der Waals surface area contributed by atoms with Crippen LogP contribution in [0.25, 0.3) is 10.6 Å².